The molecular weight excluding hydrogens is 288 g/mol. The molecule has 0 fully saturated rings. The first-order chi connectivity index (χ1) is 11.0. The Balaban J connectivity index is 2.29. The predicted octanol–water partition coefficient (Wildman–Crippen LogP) is 3.49. The average Bonchev–Trinajstić information content (AvgIpc) is 2.55. The highest BCUT2D eigenvalue weighted by molar-refractivity contribution is 5.76. The van der Waals surface area contributed by atoms with Crippen molar-refractivity contribution in [3.8, 4) is 5.75 Å². The van der Waals surface area contributed by atoms with Crippen LogP contribution in [0.2, 0.25) is 0 Å². The van der Waals surface area contributed by atoms with Gasteiger partial charge in [-0.05, 0) is 56.7 Å². The smallest absolute Gasteiger partial charge is 0.220 e. The number of unbranched alkanes of at least 4 members (excludes halogenated alkanes) is 1. The minimum absolute atomic E-state index is 0.0888. The lowest BCUT2D eigenvalue weighted by atomic mass is 9.92. The second-order valence-corrected chi connectivity index (χ2v) is 6.31. The van der Waals surface area contributed by atoms with Gasteiger partial charge in [0.15, 0.2) is 0 Å². The molecule has 0 aliphatic rings. The number of benzene rings is 1. The first kappa shape index (κ1) is 19.5. The van der Waals surface area contributed by atoms with E-state index in [1.165, 1.54) is 5.56 Å². The molecule has 0 bridgehead atoms. The molecule has 1 aromatic carbocycles. The summed E-state index contributed by atoms with van der Waals surface area (Å²) in [5.74, 6) is 1.03. The van der Waals surface area contributed by atoms with Gasteiger partial charge in [-0.15, -0.1) is 0 Å². The zero-order valence-corrected chi connectivity index (χ0v) is 15.1. The number of carbonyl (C=O) groups excluding carboxylic acids is 1. The number of nitrogens with two attached hydrogens (primary N) is 1. The van der Waals surface area contributed by atoms with E-state index < -0.39 is 0 Å². The number of carbonyl (C=O) groups is 1. The van der Waals surface area contributed by atoms with Gasteiger partial charge in [-0.25, -0.2) is 0 Å². The normalized spacial score (nSPS) is 11.3. The van der Waals surface area contributed by atoms with Crippen molar-refractivity contribution < 1.29 is 9.53 Å². The van der Waals surface area contributed by atoms with Crippen LogP contribution in [0.25, 0.3) is 0 Å². The van der Waals surface area contributed by atoms with Crippen molar-refractivity contribution in [3.63, 3.8) is 0 Å². The Morgan fingerprint density at radius 3 is 2.52 bits per heavy atom. The van der Waals surface area contributed by atoms with Gasteiger partial charge in [0.2, 0.25) is 5.91 Å². The van der Waals surface area contributed by atoms with E-state index in [9.17, 15) is 4.79 Å². The zero-order chi connectivity index (χ0) is 17.3. The van der Waals surface area contributed by atoms with E-state index in [1.807, 2.05) is 6.92 Å². The van der Waals surface area contributed by atoms with Crippen LogP contribution in [0.15, 0.2) is 18.2 Å². The Morgan fingerprint density at radius 1 is 1.22 bits per heavy atom. The number of amides is 1. The topological polar surface area (TPSA) is 64.3 Å². The lowest BCUT2D eigenvalue weighted by Gasteiger charge is -2.31. The van der Waals surface area contributed by atoms with Crippen LogP contribution in [0, 0.1) is 13.8 Å². The Kier molecular flexibility index (Phi) is 8.10. The maximum absolute atomic E-state index is 12.1. The molecule has 0 unspecified atom stereocenters. The van der Waals surface area contributed by atoms with Gasteiger partial charge in [0.1, 0.15) is 5.75 Å². The molecule has 4 heteroatoms. The molecule has 1 rings (SSSR count). The summed E-state index contributed by atoms with van der Waals surface area (Å²) in [5, 5.41) is 3.10. The standard InChI is InChI=1S/C19H32N2O2/c1-5-19(6-2,14-20)21-18(22)9-7-8-12-23-17-13-15(3)10-11-16(17)4/h10-11,13H,5-9,12,14,20H2,1-4H3,(H,21,22). The molecule has 0 saturated heterocycles. The molecule has 0 spiro atoms. The monoisotopic (exact) mass is 320 g/mol. The lowest BCUT2D eigenvalue weighted by Crippen LogP contribution is -2.52. The van der Waals surface area contributed by atoms with Crippen LogP contribution in [0.4, 0.5) is 0 Å². The molecule has 0 aromatic heterocycles. The van der Waals surface area contributed by atoms with Gasteiger partial charge in [-0.2, -0.15) is 0 Å². The zero-order valence-electron chi connectivity index (χ0n) is 15.1. The van der Waals surface area contributed by atoms with Crippen molar-refractivity contribution in [1.29, 1.82) is 0 Å². The molecule has 0 atom stereocenters. The Morgan fingerprint density at radius 2 is 1.91 bits per heavy atom. The lowest BCUT2D eigenvalue weighted by molar-refractivity contribution is -0.123. The minimum Gasteiger partial charge on any atom is -0.493 e. The highest BCUT2D eigenvalue weighted by atomic mass is 16.5. The molecule has 0 heterocycles. The van der Waals surface area contributed by atoms with Crippen molar-refractivity contribution >= 4 is 5.91 Å². The van der Waals surface area contributed by atoms with Gasteiger partial charge < -0.3 is 15.8 Å². The first-order valence-corrected chi connectivity index (χ1v) is 8.67. The van der Waals surface area contributed by atoms with Crippen molar-refractivity contribution in [1.82, 2.24) is 5.32 Å². The summed E-state index contributed by atoms with van der Waals surface area (Å²) in [6.07, 6.45) is 3.94. The van der Waals surface area contributed by atoms with E-state index in [2.05, 4.69) is 44.3 Å². The predicted molar refractivity (Wildman–Crippen MR) is 95.8 cm³/mol. The number of hydrogen-bond donors (Lipinski definition) is 2. The fraction of sp³-hybridized carbons (Fsp3) is 0.632. The molecule has 0 aliphatic heterocycles. The van der Waals surface area contributed by atoms with E-state index in [-0.39, 0.29) is 11.4 Å². The van der Waals surface area contributed by atoms with Gasteiger partial charge >= 0.3 is 0 Å². The van der Waals surface area contributed by atoms with Gasteiger partial charge in [-0.3, -0.25) is 4.79 Å². The fourth-order valence-corrected chi connectivity index (χ4v) is 2.56. The molecule has 130 valence electrons. The third kappa shape index (κ3) is 6.22. The average molecular weight is 320 g/mol. The highest BCUT2D eigenvalue weighted by Gasteiger charge is 2.25. The quantitative estimate of drug-likeness (QED) is 0.649. The highest BCUT2D eigenvalue weighted by Crippen LogP contribution is 2.19. The molecule has 3 N–H and O–H groups in total. The maximum Gasteiger partial charge on any atom is 0.220 e. The fourth-order valence-electron chi connectivity index (χ4n) is 2.56. The van der Waals surface area contributed by atoms with Crippen molar-refractivity contribution in [2.24, 2.45) is 5.73 Å². The van der Waals surface area contributed by atoms with Crippen molar-refractivity contribution in [2.45, 2.75) is 65.3 Å². The molecule has 0 radical (unpaired) electrons. The molecular formula is C19H32N2O2. The van der Waals surface area contributed by atoms with Crippen LogP contribution in [0.3, 0.4) is 0 Å². The largest absolute Gasteiger partial charge is 0.493 e. The van der Waals surface area contributed by atoms with Gasteiger partial charge in [0, 0.05) is 13.0 Å². The summed E-state index contributed by atoms with van der Waals surface area (Å²) < 4.78 is 5.81. The minimum atomic E-state index is -0.244. The number of hydrogen-bond acceptors (Lipinski definition) is 3. The van der Waals surface area contributed by atoms with Crippen LogP contribution in [0.1, 0.15) is 57.1 Å². The van der Waals surface area contributed by atoms with Gasteiger partial charge in [0.25, 0.3) is 0 Å². The van der Waals surface area contributed by atoms with E-state index >= 15 is 0 Å². The third-order valence-electron chi connectivity index (χ3n) is 4.55. The summed E-state index contributed by atoms with van der Waals surface area (Å²) in [4.78, 5) is 12.1. The molecule has 0 saturated carbocycles. The van der Waals surface area contributed by atoms with Crippen LogP contribution in [-0.2, 0) is 4.79 Å². The molecule has 1 amide bonds. The van der Waals surface area contributed by atoms with Crippen LogP contribution >= 0.6 is 0 Å². The van der Waals surface area contributed by atoms with Crippen LogP contribution < -0.4 is 15.8 Å². The SMILES string of the molecule is CCC(CC)(CN)NC(=O)CCCCOc1cc(C)ccc1C. The maximum atomic E-state index is 12.1. The van der Waals surface area contributed by atoms with Gasteiger partial charge in [0.05, 0.1) is 12.1 Å². The van der Waals surface area contributed by atoms with E-state index in [0.29, 0.717) is 19.6 Å². The number of aryl methyl sites for hydroxylation is 2. The summed E-state index contributed by atoms with van der Waals surface area (Å²) >= 11 is 0. The summed E-state index contributed by atoms with van der Waals surface area (Å²) in [7, 11) is 0. The molecule has 1 aromatic rings. The molecule has 4 nitrogen and oxygen atoms in total. The Labute approximate surface area is 140 Å². The number of ether oxygens (including phenoxy) is 1. The van der Waals surface area contributed by atoms with Crippen LogP contribution in [0.5, 0.6) is 5.75 Å². The Bertz CT molecular complexity index is 488. The summed E-state index contributed by atoms with van der Waals surface area (Å²) in [6.45, 7) is 9.36. The first-order valence-electron chi connectivity index (χ1n) is 8.67. The van der Waals surface area contributed by atoms with E-state index in [0.717, 1.165) is 37.0 Å². The number of nitrogens with one attached hydrogen (secondary N) is 1. The van der Waals surface area contributed by atoms with E-state index in [1.54, 1.807) is 0 Å². The second kappa shape index (κ2) is 9.56. The summed E-state index contributed by atoms with van der Waals surface area (Å²) in [5.41, 5.74) is 7.91. The second-order valence-electron chi connectivity index (χ2n) is 6.31. The molecule has 23 heavy (non-hydrogen) atoms. The van der Waals surface area contributed by atoms with Crippen LogP contribution in [-0.4, -0.2) is 24.6 Å². The third-order valence-corrected chi connectivity index (χ3v) is 4.55. The Hall–Kier alpha value is -1.55. The van der Waals surface area contributed by atoms with Crippen molar-refractivity contribution in [3.05, 3.63) is 29.3 Å². The number of rotatable bonds is 10. The molecule has 0 aliphatic carbocycles. The summed E-state index contributed by atoms with van der Waals surface area (Å²) in [6, 6.07) is 6.21. The van der Waals surface area contributed by atoms with Gasteiger partial charge in [-0.1, -0.05) is 26.0 Å². The van der Waals surface area contributed by atoms with Crippen molar-refractivity contribution in [2.75, 3.05) is 13.2 Å². The van der Waals surface area contributed by atoms with E-state index in [4.69, 9.17) is 10.5 Å².